The van der Waals surface area contributed by atoms with Crippen LogP contribution in [0.3, 0.4) is 0 Å². The van der Waals surface area contributed by atoms with E-state index >= 15 is 0 Å². The Bertz CT molecular complexity index is 598. The summed E-state index contributed by atoms with van der Waals surface area (Å²) in [6.45, 7) is 2.05. The van der Waals surface area contributed by atoms with Gasteiger partial charge in [-0.2, -0.15) is 0 Å². The van der Waals surface area contributed by atoms with Crippen molar-refractivity contribution in [3.8, 4) is 5.75 Å². The van der Waals surface area contributed by atoms with E-state index in [1.54, 1.807) is 37.3 Å². The predicted octanol–water partition coefficient (Wildman–Crippen LogP) is 1.46. The zero-order valence-corrected chi connectivity index (χ0v) is 11.1. The molecular formula is C15H16N2O3. The van der Waals surface area contributed by atoms with Crippen LogP contribution in [0.2, 0.25) is 0 Å². The van der Waals surface area contributed by atoms with Crippen molar-refractivity contribution in [2.75, 3.05) is 13.2 Å². The van der Waals surface area contributed by atoms with E-state index in [-0.39, 0.29) is 18.1 Å². The summed E-state index contributed by atoms with van der Waals surface area (Å²) in [6, 6.07) is 6.47. The maximum absolute atomic E-state index is 11.7. The summed E-state index contributed by atoms with van der Waals surface area (Å²) in [4.78, 5) is 16.1. The highest BCUT2D eigenvalue weighted by atomic mass is 16.3. The number of aromatic hydroxyl groups is 1. The Morgan fingerprint density at radius 2 is 1.90 bits per heavy atom. The molecule has 0 bridgehead atoms. The van der Waals surface area contributed by atoms with Crippen molar-refractivity contribution in [2.45, 2.75) is 6.92 Å². The molecule has 2 rings (SSSR count). The van der Waals surface area contributed by atoms with Gasteiger partial charge in [0, 0.05) is 12.6 Å². The van der Waals surface area contributed by atoms with E-state index in [1.165, 1.54) is 6.08 Å². The minimum Gasteiger partial charge on any atom is -0.508 e. The van der Waals surface area contributed by atoms with E-state index < -0.39 is 0 Å². The maximum Gasteiger partial charge on any atom is 0.183 e. The molecule has 0 saturated carbocycles. The molecule has 0 saturated heterocycles. The molecule has 0 heterocycles. The number of aliphatic hydroxyl groups excluding tert-OH is 1. The number of benzene rings is 1. The number of hydrogen-bond acceptors (Lipinski definition) is 5. The number of aliphatic imine (C=N–C) groups is 1. The van der Waals surface area contributed by atoms with Crippen LogP contribution >= 0.6 is 0 Å². The van der Waals surface area contributed by atoms with Crippen molar-refractivity contribution in [2.24, 2.45) is 4.99 Å². The molecule has 0 aliphatic heterocycles. The largest absolute Gasteiger partial charge is 0.508 e. The van der Waals surface area contributed by atoms with Gasteiger partial charge >= 0.3 is 0 Å². The highest BCUT2D eigenvalue weighted by Crippen LogP contribution is 2.20. The average molecular weight is 272 g/mol. The molecule has 0 unspecified atom stereocenters. The highest BCUT2D eigenvalue weighted by molar-refractivity contribution is 6.22. The van der Waals surface area contributed by atoms with Gasteiger partial charge in [0.25, 0.3) is 0 Å². The number of hydrogen-bond donors (Lipinski definition) is 3. The fraction of sp³-hybridized carbons (Fsp3) is 0.200. The van der Waals surface area contributed by atoms with Gasteiger partial charge in [-0.15, -0.1) is 0 Å². The van der Waals surface area contributed by atoms with Crippen molar-refractivity contribution in [1.29, 1.82) is 0 Å². The molecule has 5 nitrogen and oxygen atoms in total. The first-order valence-electron chi connectivity index (χ1n) is 6.27. The fourth-order valence-corrected chi connectivity index (χ4v) is 1.76. The SMILES string of the molecule is CC1=C/C(=N\c2ccc(O)cc2)C(NCCO)=CC1=O. The second-order valence-electron chi connectivity index (χ2n) is 4.41. The third-order valence-electron chi connectivity index (χ3n) is 2.82. The molecule has 5 heteroatoms. The molecular weight excluding hydrogens is 256 g/mol. The Hall–Kier alpha value is -2.40. The Labute approximate surface area is 117 Å². The smallest absolute Gasteiger partial charge is 0.183 e. The van der Waals surface area contributed by atoms with Crippen molar-refractivity contribution in [1.82, 2.24) is 5.32 Å². The van der Waals surface area contributed by atoms with Crippen LogP contribution < -0.4 is 5.32 Å². The fourth-order valence-electron chi connectivity index (χ4n) is 1.76. The van der Waals surface area contributed by atoms with Gasteiger partial charge < -0.3 is 15.5 Å². The van der Waals surface area contributed by atoms with Crippen LogP contribution in [0.15, 0.2) is 52.7 Å². The summed E-state index contributed by atoms with van der Waals surface area (Å²) < 4.78 is 0. The van der Waals surface area contributed by atoms with E-state index in [1.807, 2.05) is 0 Å². The average Bonchev–Trinajstić information content (AvgIpc) is 2.43. The molecule has 0 aromatic heterocycles. The third-order valence-corrected chi connectivity index (χ3v) is 2.82. The second-order valence-corrected chi connectivity index (χ2v) is 4.41. The number of phenols is 1. The van der Waals surface area contributed by atoms with E-state index in [2.05, 4.69) is 10.3 Å². The van der Waals surface area contributed by atoms with Crippen molar-refractivity contribution in [3.63, 3.8) is 0 Å². The molecule has 0 fully saturated rings. The summed E-state index contributed by atoms with van der Waals surface area (Å²) in [6.07, 6.45) is 3.18. The Morgan fingerprint density at radius 1 is 1.20 bits per heavy atom. The molecule has 1 aliphatic carbocycles. The minimum absolute atomic E-state index is 0.0271. The standard InChI is InChI=1S/C15H16N2O3/c1-10-8-14(13(9-15(10)20)16-6-7-18)17-11-2-4-12(19)5-3-11/h2-5,8-9,16,18-19H,6-7H2,1H3/b17-14+. The lowest BCUT2D eigenvalue weighted by molar-refractivity contribution is -0.111. The van der Waals surface area contributed by atoms with E-state index in [9.17, 15) is 9.90 Å². The van der Waals surface area contributed by atoms with Crippen LogP contribution in [0.1, 0.15) is 6.92 Å². The lowest BCUT2D eigenvalue weighted by atomic mass is 10.0. The summed E-state index contributed by atoms with van der Waals surface area (Å²) in [5, 5.41) is 21.1. The van der Waals surface area contributed by atoms with Crippen molar-refractivity contribution in [3.05, 3.63) is 47.7 Å². The number of ketones is 1. The number of nitrogens with one attached hydrogen (secondary N) is 1. The topological polar surface area (TPSA) is 81.9 Å². The summed E-state index contributed by atoms with van der Waals surface area (Å²) >= 11 is 0. The first-order valence-corrected chi connectivity index (χ1v) is 6.27. The molecule has 3 N–H and O–H groups in total. The minimum atomic E-state index is -0.0740. The molecule has 1 aromatic carbocycles. The molecule has 0 atom stereocenters. The molecule has 1 aliphatic rings. The van der Waals surface area contributed by atoms with E-state index in [0.717, 1.165) is 0 Å². The Balaban J connectivity index is 2.32. The zero-order chi connectivity index (χ0) is 14.5. The van der Waals surface area contributed by atoms with Crippen molar-refractivity contribution >= 4 is 17.2 Å². The highest BCUT2D eigenvalue weighted by Gasteiger charge is 2.15. The van der Waals surface area contributed by atoms with Gasteiger partial charge in [-0.05, 0) is 42.8 Å². The van der Waals surface area contributed by atoms with Gasteiger partial charge in [-0.1, -0.05) is 0 Å². The summed E-state index contributed by atoms with van der Waals surface area (Å²) in [7, 11) is 0. The van der Waals surface area contributed by atoms with Crippen LogP contribution in [-0.2, 0) is 4.79 Å². The number of phenolic OH excluding ortho intramolecular Hbond substituents is 1. The molecule has 20 heavy (non-hydrogen) atoms. The third kappa shape index (κ3) is 3.33. The number of aliphatic hydroxyl groups is 1. The van der Waals surface area contributed by atoms with Gasteiger partial charge in [0.05, 0.1) is 23.7 Å². The lowest BCUT2D eigenvalue weighted by Crippen LogP contribution is -2.26. The maximum atomic E-state index is 11.7. The van der Waals surface area contributed by atoms with Crippen LogP contribution in [0.25, 0.3) is 0 Å². The number of rotatable bonds is 4. The van der Waals surface area contributed by atoms with Crippen LogP contribution in [0.5, 0.6) is 5.75 Å². The number of carbonyl (C=O) groups excluding carboxylic acids is 1. The normalized spacial score (nSPS) is 16.9. The Morgan fingerprint density at radius 3 is 2.55 bits per heavy atom. The van der Waals surface area contributed by atoms with Gasteiger partial charge in [0.15, 0.2) is 5.78 Å². The van der Waals surface area contributed by atoms with Crippen LogP contribution in [0, 0.1) is 0 Å². The first kappa shape index (κ1) is 14.0. The predicted molar refractivity (Wildman–Crippen MR) is 77.1 cm³/mol. The molecule has 0 radical (unpaired) electrons. The van der Waals surface area contributed by atoms with Crippen LogP contribution in [0.4, 0.5) is 5.69 Å². The quantitative estimate of drug-likeness (QED) is 0.725. The van der Waals surface area contributed by atoms with Gasteiger partial charge in [-0.3, -0.25) is 4.79 Å². The summed E-state index contributed by atoms with van der Waals surface area (Å²) in [5.74, 6) is 0.101. The summed E-state index contributed by atoms with van der Waals surface area (Å²) in [5.41, 5.74) is 2.49. The molecule has 0 amide bonds. The molecule has 104 valence electrons. The molecule has 0 spiro atoms. The lowest BCUT2D eigenvalue weighted by Gasteiger charge is -2.15. The zero-order valence-electron chi connectivity index (χ0n) is 11.1. The number of carbonyl (C=O) groups is 1. The van der Waals surface area contributed by atoms with E-state index in [4.69, 9.17) is 5.11 Å². The Kier molecular flexibility index (Phi) is 4.32. The van der Waals surface area contributed by atoms with Gasteiger partial charge in [-0.25, -0.2) is 4.99 Å². The number of nitrogens with zero attached hydrogens (tertiary/aromatic N) is 1. The first-order chi connectivity index (χ1) is 9.60. The number of allylic oxidation sites excluding steroid dienone is 3. The van der Waals surface area contributed by atoms with Gasteiger partial charge in [0.2, 0.25) is 0 Å². The monoisotopic (exact) mass is 272 g/mol. The van der Waals surface area contributed by atoms with Crippen molar-refractivity contribution < 1.29 is 15.0 Å². The van der Waals surface area contributed by atoms with Gasteiger partial charge in [0.1, 0.15) is 5.75 Å². The van der Waals surface area contributed by atoms with E-state index in [0.29, 0.717) is 29.2 Å². The second kappa shape index (κ2) is 6.16. The molecule has 1 aromatic rings. The van der Waals surface area contributed by atoms with Crippen LogP contribution in [-0.4, -0.2) is 34.9 Å².